The second-order valence-corrected chi connectivity index (χ2v) is 9.56. The van der Waals surface area contributed by atoms with Crippen LogP contribution in [0.4, 0.5) is 0 Å². The minimum atomic E-state index is -0.0779. The third-order valence-electron chi connectivity index (χ3n) is 5.61. The second-order valence-electron chi connectivity index (χ2n) is 7.59. The molecule has 5 nitrogen and oxygen atoms in total. The van der Waals surface area contributed by atoms with Gasteiger partial charge in [-0.3, -0.25) is 14.3 Å². The van der Waals surface area contributed by atoms with Crippen LogP contribution in [0.3, 0.4) is 0 Å². The Morgan fingerprint density at radius 3 is 2.80 bits per heavy atom. The van der Waals surface area contributed by atoms with E-state index in [-0.39, 0.29) is 11.3 Å². The first kappa shape index (κ1) is 17.8. The average Bonchev–Trinajstić information content (AvgIpc) is 3.33. The number of fused-ring (bicyclic) bond motifs is 3. The zero-order valence-corrected chi connectivity index (χ0v) is 17.5. The van der Waals surface area contributed by atoms with Crippen molar-refractivity contribution in [2.24, 2.45) is 0 Å². The van der Waals surface area contributed by atoms with Gasteiger partial charge in [-0.1, -0.05) is 36.4 Å². The molecule has 30 heavy (non-hydrogen) atoms. The molecule has 2 aromatic carbocycles. The third kappa shape index (κ3) is 2.77. The third-order valence-corrected chi connectivity index (χ3v) is 7.50. The van der Waals surface area contributed by atoms with E-state index in [1.54, 1.807) is 28.4 Å². The van der Waals surface area contributed by atoms with E-state index in [9.17, 15) is 9.90 Å². The summed E-state index contributed by atoms with van der Waals surface area (Å²) in [5.41, 5.74) is 3.98. The summed E-state index contributed by atoms with van der Waals surface area (Å²) in [4.78, 5) is 24.6. The summed E-state index contributed by atoms with van der Waals surface area (Å²) in [6.07, 6.45) is 4.15. The zero-order chi connectivity index (χ0) is 20.2. The summed E-state index contributed by atoms with van der Waals surface area (Å²) in [5, 5.41) is 11.6. The van der Waals surface area contributed by atoms with Gasteiger partial charge in [0, 0.05) is 22.0 Å². The predicted octanol–water partition coefficient (Wildman–Crippen LogP) is 5.37. The van der Waals surface area contributed by atoms with E-state index in [0.29, 0.717) is 33.2 Å². The molecule has 0 bridgehead atoms. The molecule has 0 saturated heterocycles. The highest BCUT2D eigenvalue weighted by atomic mass is 32.1. The Kier molecular flexibility index (Phi) is 4.01. The van der Waals surface area contributed by atoms with Gasteiger partial charge in [0.15, 0.2) is 0 Å². The molecule has 1 aliphatic rings. The standard InChI is InChI=1S/C23H17N3O2S2/c27-18-7-3-6-17-19-22(30-20(17)18)25-21(16-5-2-1-4-15(16)13-8-9-13)26(23(19)28)11-14-10-24-12-29-14/h1-7,10,12-13,27H,8-9,11H2. The Bertz CT molecular complexity index is 1460. The number of hydrogen-bond donors (Lipinski definition) is 1. The molecule has 0 amide bonds. The summed E-state index contributed by atoms with van der Waals surface area (Å²) in [6, 6.07) is 13.6. The van der Waals surface area contributed by atoms with Crippen molar-refractivity contribution in [3.63, 3.8) is 0 Å². The van der Waals surface area contributed by atoms with Gasteiger partial charge in [-0.25, -0.2) is 4.98 Å². The second kappa shape index (κ2) is 6.75. The van der Waals surface area contributed by atoms with E-state index in [0.717, 1.165) is 15.8 Å². The van der Waals surface area contributed by atoms with E-state index < -0.39 is 0 Å². The van der Waals surface area contributed by atoms with Gasteiger partial charge in [0.05, 0.1) is 22.1 Å². The molecule has 0 radical (unpaired) electrons. The fourth-order valence-corrected chi connectivity index (χ4v) is 5.70. The smallest absolute Gasteiger partial charge is 0.263 e. The van der Waals surface area contributed by atoms with E-state index in [2.05, 4.69) is 23.2 Å². The van der Waals surface area contributed by atoms with Crippen molar-refractivity contribution < 1.29 is 5.11 Å². The lowest BCUT2D eigenvalue weighted by molar-refractivity contribution is 0.482. The fraction of sp³-hybridized carbons (Fsp3) is 0.174. The summed E-state index contributed by atoms with van der Waals surface area (Å²) in [6.45, 7) is 0.428. The molecule has 1 saturated carbocycles. The predicted molar refractivity (Wildman–Crippen MR) is 122 cm³/mol. The van der Waals surface area contributed by atoms with Crippen LogP contribution in [0.2, 0.25) is 0 Å². The van der Waals surface area contributed by atoms with Gasteiger partial charge in [0.25, 0.3) is 5.56 Å². The van der Waals surface area contributed by atoms with Crippen molar-refractivity contribution in [3.8, 4) is 17.1 Å². The molecule has 3 aromatic heterocycles. The summed E-state index contributed by atoms with van der Waals surface area (Å²) >= 11 is 2.90. The largest absolute Gasteiger partial charge is 0.506 e. The maximum Gasteiger partial charge on any atom is 0.263 e. The Labute approximate surface area is 179 Å². The van der Waals surface area contributed by atoms with Crippen molar-refractivity contribution >= 4 is 43.0 Å². The number of thiazole rings is 1. The van der Waals surface area contributed by atoms with Crippen molar-refractivity contribution in [3.05, 3.63) is 75.0 Å². The minimum absolute atomic E-state index is 0.0779. The molecule has 0 spiro atoms. The maximum atomic E-state index is 13.8. The van der Waals surface area contributed by atoms with Crippen molar-refractivity contribution in [2.45, 2.75) is 25.3 Å². The fourth-order valence-electron chi connectivity index (χ4n) is 4.04. The molecule has 148 valence electrons. The zero-order valence-electron chi connectivity index (χ0n) is 15.9. The van der Waals surface area contributed by atoms with Crippen LogP contribution < -0.4 is 5.56 Å². The molecule has 0 aliphatic heterocycles. The first-order valence-electron chi connectivity index (χ1n) is 9.82. The molecular weight excluding hydrogens is 414 g/mol. The van der Waals surface area contributed by atoms with Crippen LogP contribution in [-0.2, 0) is 6.54 Å². The number of benzene rings is 2. The Balaban J connectivity index is 1.70. The van der Waals surface area contributed by atoms with Gasteiger partial charge in [-0.2, -0.15) is 0 Å². The Hall–Kier alpha value is -3.03. The molecule has 0 atom stereocenters. The van der Waals surface area contributed by atoms with Gasteiger partial charge < -0.3 is 5.11 Å². The van der Waals surface area contributed by atoms with Gasteiger partial charge in [0.1, 0.15) is 16.4 Å². The summed E-state index contributed by atoms with van der Waals surface area (Å²) in [7, 11) is 0. The molecule has 1 N–H and O–H groups in total. The highest BCUT2D eigenvalue weighted by molar-refractivity contribution is 7.25. The van der Waals surface area contributed by atoms with E-state index in [4.69, 9.17) is 4.98 Å². The monoisotopic (exact) mass is 431 g/mol. The Morgan fingerprint density at radius 1 is 1.13 bits per heavy atom. The van der Waals surface area contributed by atoms with Crippen LogP contribution in [0.15, 0.2) is 59.0 Å². The molecular formula is C23H17N3O2S2. The number of thiophene rings is 1. The molecule has 6 rings (SSSR count). The molecule has 7 heteroatoms. The van der Waals surface area contributed by atoms with E-state index >= 15 is 0 Å². The normalized spacial score (nSPS) is 14.0. The highest BCUT2D eigenvalue weighted by Gasteiger charge is 2.28. The van der Waals surface area contributed by atoms with Crippen molar-refractivity contribution in [1.29, 1.82) is 0 Å². The van der Waals surface area contributed by atoms with Crippen LogP contribution in [0.25, 0.3) is 31.7 Å². The number of rotatable bonds is 4. The minimum Gasteiger partial charge on any atom is -0.506 e. The average molecular weight is 432 g/mol. The number of phenols is 1. The van der Waals surface area contributed by atoms with Crippen LogP contribution in [0.1, 0.15) is 29.2 Å². The summed E-state index contributed by atoms with van der Waals surface area (Å²) < 4.78 is 2.47. The Morgan fingerprint density at radius 2 is 2.00 bits per heavy atom. The van der Waals surface area contributed by atoms with Gasteiger partial charge in [0.2, 0.25) is 0 Å². The molecule has 1 aliphatic carbocycles. The molecule has 1 fully saturated rings. The van der Waals surface area contributed by atoms with E-state index in [1.165, 1.54) is 41.1 Å². The van der Waals surface area contributed by atoms with Crippen LogP contribution in [0, 0.1) is 0 Å². The van der Waals surface area contributed by atoms with E-state index in [1.807, 2.05) is 12.1 Å². The number of phenolic OH excluding ortho intramolecular Hbond substituents is 1. The van der Waals surface area contributed by atoms with Crippen molar-refractivity contribution in [1.82, 2.24) is 14.5 Å². The van der Waals surface area contributed by atoms with Gasteiger partial charge in [-0.05, 0) is 30.4 Å². The lowest BCUT2D eigenvalue weighted by atomic mass is 10.0. The first-order valence-corrected chi connectivity index (χ1v) is 11.5. The summed E-state index contributed by atoms with van der Waals surface area (Å²) in [5.74, 6) is 1.41. The number of aromatic nitrogens is 3. The molecule has 5 aromatic rings. The molecule has 3 heterocycles. The number of hydrogen-bond acceptors (Lipinski definition) is 6. The molecule has 0 unspecified atom stereocenters. The van der Waals surface area contributed by atoms with Gasteiger partial charge in [-0.15, -0.1) is 22.7 Å². The van der Waals surface area contributed by atoms with Crippen LogP contribution >= 0.6 is 22.7 Å². The highest BCUT2D eigenvalue weighted by Crippen LogP contribution is 2.44. The lowest BCUT2D eigenvalue weighted by Crippen LogP contribution is -2.23. The first-order chi connectivity index (χ1) is 14.7. The lowest BCUT2D eigenvalue weighted by Gasteiger charge is -2.15. The van der Waals surface area contributed by atoms with Crippen LogP contribution in [-0.4, -0.2) is 19.6 Å². The van der Waals surface area contributed by atoms with Gasteiger partial charge >= 0.3 is 0 Å². The quantitative estimate of drug-likeness (QED) is 0.416. The number of aromatic hydroxyl groups is 1. The van der Waals surface area contributed by atoms with Crippen LogP contribution in [0.5, 0.6) is 5.75 Å². The topological polar surface area (TPSA) is 68.0 Å². The SMILES string of the molecule is O=c1c2c(nc(-c3ccccc3C3CC3)n1Cc1cncs1)sc1c(O)cccc12. The maximum absolute atomic E-state index is 13.8. The van der Waals surface area contributed by atoms with Crippen molar-refractivity contribution in [2.75, 3.05) is 0 Å². The number of nitrogens with zero attached hydrogens (tertiary/aromatic N) is 3.